The number of hydrogen-bond acceptors (Lipinski definition) is 4. The number of halogens is 1. The lowest BCUT2D eigenvalue weighted by molar-refractivity contribution is 0.195. The van der Waals surface area contributed by atoms with Gasteiger partial charge in [-0.3, -0.25) is 14.9 Å². The zero-order chi connectivity index (χ0) is 20.5. The number of ether oxygens (including phenoxy) is 1. The van der Waals surface area contributed by atoms with Crippen LogP contribution >= 0.6 is 0 Å². The van der Waals surface area contributed by atoms with Crippen molar-refractivity contribution in [2.75, 3.05) is 26.7 Å². The van der Waals surface area contributed by atoms with Crippen molar-refractivity contribution in [3.05, 3.63) is 60.2 Å². The van der Waals surface area contributed by atoms with Gasteiger partial charge in [0.05, 0.1) is 12.2 Å². The lowest BCUT2D eigenvalue weighted by atomic mass is 10.0. The third kappa shape index (κ3) is 6.71. The van der Waals surface area contributed by atoms with Crippen molar-refractivity contribution >= 4 is 5.96 Å². The third-order valence-corrected chi connectivity index (χ3v) is 4.99. The van der Waals surface area contributed by atoms with Crippen LogP contribution in [0.4, 0.5) is 4.39 Å². The average Bonchev–Trinajstić information content (AvgIpc) is 2.75. The summed E-state index contributed by atoms with van der Waals surface area (Å²) in [6.45, 7) is 5.39. The fourth-order valence-electron chi connectivity index (χ4n) is 3.38. The molecular formula is C22H30FN5O. The second-order valence-corrected chi connectivity index (χ2v) is 7.33. The van der Waals surface area contributed by atoms with Crippen molar-refractivity contribution in [2.45, 2.75) is 38.5 Å². The second-order valence-electron chi connectivity index (χ2n) is 7.33. The zero-order valence-corrected chi connectivity index (χ0v) is 17.1. The molecule has 1 atom stereocenters. The fourth-order valence-corrected chi connectivity index (χ4v) is 3.38. The number of nitrogens with one attached hydrogen (secondary N) is 2. The van der Waals surface area contributed by atoms with Crippen LogP contribution in [0.5, 0.6) is 5.75 Å². The molecule has 1 fully saturated rings. The first-order valence-corrected chi connectivity index (χ1v) is 10.1. The molecule has 7 heteroatoms. The number of guanidine groups is 1. The van der Waals surface area contributed by atoms with Gasteiger partial charge in [-0.25, -0.2) is 4.39 Å². The Labute approximate surface area is 172 Å². The molecular weight excluding hydrogens is 369 g/mol. The van der Waals surface area contributed by atoms with Crippen LogP contribution in [0.2, 0.25) is 0 Å². The van der Waals surface area contributed by atoms with E-state index in [1.54, 1.807) is 25.2 Å². The first kappa shape index (κ1) is 21.0. The largest absolute Gasteiger partial charge is 0.486 e. The minimum Gasteiger partial charge on any atom is -0.486 e. The molecule has 1 aromatic heterocycles. The van der Waals surface area contributed by atoms with E-state index in [2.05, 4.69) is 31.6 Å². The fraction of sp³-hybridized carbons (Fsp3) is 0.455. The number of rotatable bonds is 7. The molecule has 0 radical (unpaired) electrons. The lowest BCUT2D eigenvalue weighted by Gasteiger charge is -2.33. The summed E-state index contributed by atoms with van der Waals surface area (Å²) in [6.07, 6.45) is 3.76. The van der Waals surface area contributed by atoms with E-state index in [-0.39, 0.29) is 17.7 Å². The van der Waals surface area contributed by atoms with E-state index >= 15 is 0 Å². The SMILES string of the molecule is CN=C(NCC(C)Oc1ccccc1F)NC1CCN(Cc2ccccn2)CC1. The maximum atomic E-state index is 13.7. The van der Waals surface area contributed by atoms with Gasteiger partial charge in [-0.2, -0.15) is 0 Å². The van der Waals surface area contributed by atoms with Crippen molar-refractivity contribution in [3.63, 3.8) is 0 Å². The van der Waals surface area contributed by atoms with Crippen molar-refractivity contribution in [1.29, 1.82) is 0 Å². The van der Waals surface area contributed by atoms with E-state index < -0.39 is 0 Å². The van der Waals surface area contributed by atoms with Crippen LogP contribution in [-0.4, -0.2) is 54.7 Å². The highest BCUT2D eigenvalue weighted by Gasteiger charge is 2.20. The van der Waals surface area contributed by atoms with Crippen LogP contribution < -0.4 is 15.4 Å². The number of benzene rings is 1. The molecule has 2 N–H and O–H groups in total. The molecule has 0 saturated carbocycles. The molecule has 2 aromatic rings. The van der Waals surface area contributed by atoms with Gasteiger partial charge in [0.15, 0.2) is 17.5 Å². The minimum atomic E-state index is -0.348. The summed E-state index contributed by atoms with van der Waals surface area (Å²) in [5, 5.41) is 6.76. The molecule has 1 unspecified atom stereocenters. The Kier molecular flexibility index (Phi) is 7.81. The molecule has 0 aliphatic carbocycles. The summed E-state index contributed by atoms with van der Waals surface area (Å²) >= 11 is 0. The minimum absolute atomic E-state index is 0.189. The third-order valence-electron chi connectivity index (χ3n) is 4.99. The molecule has 156 valence electrons. The van der Waals surface area contributed by atoms with Crippen molar-refractivity contribution in [2.24, 2.45) is 4.99 Å². The van der Waals surface area contributed by atoms with Gasteiger partial charge in [-0.15, -0.1) is 0 Å². The number of likely N-dealkylation sites (tertiary alicyclic amines) is 1. The number of nitrogens with zero attached hydrogens (tertiary/aromatic N) is 3. The molecule has 1 aromatic carbocycles. The summed E-state index contributed by atoms with van der Waals surface area (Å²) < 4.78 is 19.4. The van der Waals surface area contributed by atoms with E-state index in [1.807, 2.05) is 25.3 Å². The van der Waals surface area contributed by atoms with Gasteiger partial charge in [0, 0.05) is 38.9 Å². The maximum absolute atomic E-state index is 13.7. The average molecular weight is 400 g/mol. The van der Waals surface area contributed by atoms with Crippen LogP contribution in [0.1, 0.15) is 25.5 Å². The number of pyridine rings is 1. The van der Waals surface area contributed by atoms with E-state index in [9.17, 15) is 4.39 Å². The highest BCUT2D eigenvalue weighted by Crippen LogP contribution is 2.17. The van der Waals surface area contributed by atoms with Gasteiger partial charge in [0.2, 0.25) is 0 Å². The van der Waals surface area contributed by atoms with Crippen molar-refractivity contribution in [1.82, 2.24) is 20.5 Å². The summed E-state index contributed by atoms with van der Waals surface area (Å²) in [5.41, 5.74) is 1.11. The highest BCUT2D eigenvalue weighted by atomic mass is 19.1. The molecule has 2 heterocycles. The Morgan fingerprint density at radius 3 is 2.69 bits per heavy atom. The van der Waals surface area contributed by atoms with Gasteiger partial charge in [0.25, 0.3) is 0 Å². The first-order chi connectivity index (χ1) is 14.1. The van der Waals surface area contributed by atoms with Gasteiger partial charge < -0.3 is 15.4 Å². The zero-order valence-electron chi connectivity index (χ0n) is 17.1. The molecule has 1 aliphatic rings. The predicted molar refractivity (Wildman–Crippen MR) is 114 cm³/mol. The predicted octanol–water partition coefficient (Wildman–Crippen LogP) is 2.82. The van der Waals surface area contributed by atoms with Gasteiger partial charge in [-0.05, 0) is 44.0 Å². The van der Waals surface area contributed by atoms with Crippen LogP contribution in [0.15, 0.2) is 53.7 Å². The van der Waals surface area contributed by atoms with Crippen molar-refractivity contribution < 1.29 is 9.13 Å². The number of aromatic nitrogens is 1. The Hall–Kier alpha value is -2.67. The van der Waals surface area contributed by atoms with Crippen molar-refractivity contribution in [3.8, 4) is 5.75 Å². The van der Waals surface area contributed by atoms with Gasteiger partial charge in [-0.1, -0.05) is 18.2 Å². The van der Waals surface area contributed by atoms with Crippen LogP contribution in [0.25, 0.3) is 0 Å². The van der Waals surface area contributed by atoms with E-state index in [0.29, 0.717) is 12.6 Å². The smallest absolute Gasteiger partial charge is 0.191 e. The quantitative estimate of drug-likeness (QED) is 0.554. The number of piperidine rings is 1. The Morgan fingerprint density at radius 1 is 1.24 bits per heavy atom. The molecule has 0 spiro atoms. The molecule has 0 bridgehead atoms. The summed E-state index contributed by atoms with van der Waals surface area (Å²) in [7, 11) is 1.76. The van der Waals surface area contributed by atoms with Gasteiger partial charge >= 0.3 is 0 Å². The monoisotopic (exact) mass is 399 g/mol. The topological polar surface area (TPSA) is 61.8 Å². The van der Waals surface area contributed by atoms with E-state index in [4.69, 9.17) is 4.74 Å². The molecule has 0 amide bonds. The standard InChI is InChI=1S/C22H30FN5O/c1-17(29-21-9-4-3-8-20(21)23)15-26-22(24-2)27-18-10-13-28(14-11-18)16-19-7-5-6-12-25-19/h3-9,12,17-18H,10-11,13-16H2,1-2H3,(H2,24,26,27). The van der Waals surface area contributed by atoms with E-state index in [0.717, 1.165) is 44.1 Å². The maximum Gasteiger partial charge on any atom is 0.191 e. The summed E-state index contributed by atoms with van der Waals surface area (Å²) in [6, 6.07) is 12.9. The van der Waals surface area contributed by atoms with Crippen LogP contribution in [0, 0.1) is 5.82 Å². The summed E-state index contributed by atoms with van der Waals surface area (Å²) in [4.78, 5) is 11.1. The molecule has 1 saturated heterocycles. The van der Waals surface area contributed by atoms with Crippen LogP contribution in [0.3, 0.4) is 0 Å². The normalized spacial score (nSPS) is 17.0. The highest BCUT2D eigenvalue weighted by molar-refractivity contribution is 5.80. The number of para-hydroxylation sites is 1. The first-order valence-electron chi connectivity index (χ1n) is 10.1. The number of hydrogen-bond donors (Lipinski definition) is 2. The Morgan fingerprint density at radius 2 is 2.00 bits per heavy atom. The summed E-state index contributed by atoms with van der Waals surface area (Å²) in [5.74, 6) is 0.668. The number of aliphatic imine (C=N–C) groups is 1. The van der Waals surface area contributed by atoms with Gasteiger partial charge in [0.1, 0.15) is 6.10 Å². The van der Waals surface area contributed by atoms with E-state index in [1.165, 1.54) is 6.07 Å². The molecule has 1 aliphatic heterocycles. The lowest BCUT2D eigenvalue weighted by Crippen LogP contribution is -2.49. The molecule has 29 heavy (non-hydrogen) atoms. The molecule has 3 rings (SSSR count). The molecule has 6 nitrogen and oxygen atoms in total. The Bertz CT molecular complexity index is 778. The second kappa shape index (κ2) is 10.8. The van der Waals surface area contributed by atoms with Crippen LogP contribution in [-0.2, 0) is 6.54 Å². The Balaban J connectivity index is 1.38.